The molecule has 0 aliphatic rings. The molecule has 0 saturated carbocycles. The first-order valence-electron chi connectivity index (χ1n) is 3.12. The van der Waals surface area contributed by atoms with Crippen molar-refractivity contribution in [1.29, 1.82) is 5.41 Å². The Morgan fingerprint density at radius 3 is 2.82 bits per heavy atom. The number of nitrogens with two attached hydrogens (primary N) is 1. The predicted molar refractivity (Wildman–Crippen MR) is 41.7 cm³/mol. The van der Waals surface area contributed by atoms with E-state index in [0.717, 1.165) is 0 Å². The molecule has 4 heteroatoms. The number of nitrogens with zero attached hydrogens (tertiary/aromatic N) is 1. The maximum atomic E-state index is 9.28. The van der Waals surface area contributed by atoms with E-state index in [4.69, 9.17) is 11.1 Å². The second kappa shape index (κ2) is 2.57. The molecule has 58 valence electrons. The molecule has 0 radical (unpaired) electrons. The van der Waals surface area contributed by atoms with Gasteiger partial charge < -0.3 is 10.8 Å². The van der Waals surface area contributed by atoms with E-state index in [9.17, 15) is 5.11 Å². The largest absolute Gasteiger partial charge is 0.505 e. The van der Waals surface area contributed by atoms with Gasteiger partial charge >= 0.3 is 0 Å². The number of nitrogen functional groups attached to an aromatic ring is 1. The van der Waals surface area contributed by atoms with Crippen molar-refractivity contribution in [3.8, 4) is 5.75 Å². The Kier molecular flexibility index (Phi) is 1.76. The molecule has 0 aromatic carbocycles. The normalized spacial score (nSPS) is 9.55. The van der Waals surface area contributed by atoms with Gasteiger partial charge in [0.05, 0.1) is 0 Å². The van der Waals surface area contributed by atoms with E-state index in [1.54, 1.807) is 13.0 Å². The molecule has 0 aliphatic carbocycles. The lowest BCUT2D eigenvalue weighted by Gasteiger charge is -2.02. The lowest BCUT2D eigenvalue weighted by molar-refractivity contribution is 0.467. The zero-order chi connectivity index (χ0) is 8.43. The zero-order valence-corrected chi connectivity index (χ0v) is 6.13. The van der Waals surface area contributed by atoms with Crippen molar-refractivity contribution in [3.63, 3.8) is 0 Å². The van der Waals surface area contributed by atoms with E-state index in [1.165, 1.54) is 6.20 Å². The molecular weight excluding hydrogens is 142 g/mol. The lowest BCUT2D eigenvalue weighted by atomic mass is 10.2. The van der Waals surface area contributed by atoms with Gasteiger partial charge in [0, 0.05) is 6.20 Å². The summed E-state index contributed by atoms with van der Waals surface area (Å²) in [6, 6.07) is 1.65. The monoisotopic (exact) mass is 151 g/mol. The van der Waals surface area contributed by atoms with Crippen LogP contribution < -0.4 is 5.73 Å². The van der Waals surface area contributed by atoms with Crippen LogP contribution >= 0.6 is 0 Å². The molecule has 11 heavy (non-hydrogen) atoms. The summed E-state index contributed by atoms with van der Waals surface area (Å²) in [6.07, 6.45) is 1.51. The van der Waals surface area contributed by atoms with E-state index in [-0.39, 0.29) is 17.3 Å². The highest BCUT2D eigenvalue weighted by Crippen LogP contribution is 2.17. The summed E-state index contributed by atoms with van der Waals surface area (Å²) in [5.41, 5.74) is 5.96. The van der Waals surface area contributed by atoms with E-state index in [1.807, 2.05) is 0 Å². The molecule has 1 aromatic rings. The van der Waals surface area contributed by atoms with E-state index in [2.05, 4.69) is 4.98 Å². The molecule has 1 heterocycles. The van der Waals surface area contributed by atoms with Crippen molar-refractivity contribution in [1.82, 2.24) is 4.98 Å². The highest BCUT2D eigenvalue weighted by atomic mass is 16.3. The van der Waals surface area contributed by atoms with Crippen LogP contribution in [0, 0.1) is 12.3 Å². The number of amidine groups is 1. The number of pyridine rings is 1. The Bertz CT molecular complexity index is 296. The SMILES string of the molecule is Cc1ccnc(C(=N)N)c1O. The van der Waals surface area contributed by atoms with Crippen molar-refractivity contribution >= 4 is 5.84 Å². The summed E-state index contributed by atoms with van der Waals surface area (Å²) in [5.74, 6) is -0.230. The van der Waals surface area contributed by atoms with Crippen LogP contribution in [0.4, 0.5) is 0 Å². The highest BCUT2D eigenvalue weighted by molar-refractivity contribution is 5.95. The van der Waals surface area contributed by atoms with E-state index >= 15 is 0 Å². The van der Waals surface area contributed by atoms with Crippen LogP contribution in [-0.2, 0) is 0 Å². The minimum atomic E-state index is -0.216. The number of aromatic hydroxyl groups is 1. The molecule has 0 unspecified atom stereocenters. The molecule has 0 fully saturated rings. The number of hydrogen-bond acceptors (Lipinski definition) is 3. The van der Waals surface area contributed by atoms with Crippen LogP contribution in [0.25, 0.3) is 0 Å². The molecule has 1 rings (SSSR count). The molecule has 0 aliphatic heterocycles. The number of aromatic nitrogens is 1. The third-order valence-corrected chi connectivity index (χ3v) is 1.38. The van der Waals surface area contributed by atoms with Crippen LogP contribution in [-0.4, -0.2) is 15.9 Å². The van der Waals surface area contributed by atoms with Crippen molar-refractivity contribution in [2.45, 2.75) is 6.92 Å². The summed E-state index contributed by atoms with van der Waals surface area (Å²) in [5, 5.41) is 16.3. The molecule has 0 atom stereocenters. The van der Waals surface area contributed by atoms with E-state index < -0.39 is 0 Å². The second-order valence-electron chi connectivity index (χ2n) is 2.24. The van der Waals surface area contributed by atoms with Crippen LogP contribution in [0.1, 0.15) is 11.3 Å². The fraction of sp³-hybridized carbons (Fsp3) is 0.143. The Morgan fingerprint density at radius 1 is 1.73 bits per heavy atom. The fourth-order valence-corrected chi connectivity index (χ4v) is 0.748. The summed E-state index contributed by atoms with van der Waals surface area (Å²) in [7, 11) is 0. The summed E-state index contributed by atoms with van der Waals surface area (Å²) in [4.78, 5) is 3.74. The first kappa shape index (κ1) is 7.53. The molecule has 0 amide bonds. The Hall–Kier alpha value is -1.58. The smallest absolute Gasteiger partial charge is 0.147 e. The topological polar surface area (TPSA) is 83.0 Å². The van der Waals surface area contributed by atoms with Gasteiger partial charge in [-0.2, -0.15) is 0 Å². The maximum absolute atomic E-state index is 9.28. The van der Waals surface area contributed by atoms with Gasteiger partial charge in [0.15, 0.2) is 0 Å². The Labute approximate surface area is 64.2 Å². The third-order valence-electron chi connectivity index (χ3n) is 1.38. The fourth-order valence-electron chi connectivity index (χ4n) is 0.748. The molecule has 0 bridgehead atoms. The summed E-state index contributed by atoms with van der Waals surface area (Å²) in [6.45, 7) is 1.73. The van der Waals surface area contributed by atoms with Crippen molar-refractivity contribution in [2.24, 2.45) is 5.73 Å². The first-order chi connectivity index (χ1) is 5.13. The highest BCUT2D eigenvalue weighted by Gasteiger charge is 2.06. The molecule has 4 N–H and O–H groups in total. The summed E-state index contributed by atoms with van der Waals surface area (Å²) < 4.78 is 0. The average Bonchev–Trinajstić information content (AvgIpc) is 1.94. The number of aryl methyl sites for hydroxylation is 1. The van der Waals surface area contributed by atoms with Gasteiger partial charge in [-0.05, 0) is 18.6 Å². The van der Waals surface area contributed by atoms with Gasteiger partial charge in [0.2, 0.25) is 0 Å². The number of hydrogen-bond donors (Lipinski definition) is 3. The Balaban J connectivity index is 3.27. The summed E-state index contributed by atoms with van der Waals surface area (Å²) >= 11 is 0. The standard InChI is InChI=1S/C7H9N3O/c1-4-2-3-10-5(6(4)11)7(8)9/h2-3,11H,1H3,(H3,8,9). The van der Waals surface area contributed by atoms with Gasteiger partial charge in [0.25, 0.3) is 0 Å². The average molecular weight is 151 g/mol. The lowest BCUT2D eigenvalue weighted by Crippen LogP contribution is -2.13. The minimum Gasteiger partial charge on any atom is -0.505 e. The first-order valence-corrected chi connectivity index (χ1v) is 3.12. The van der Waals surface area contributed by atoms with Gasteiger partial charge in [0.1, 0.15) is 17.3 Å². The molecule has 0 saturated heterocycles. The van der Waals surface area contributed by atoms with Crippen molar-refractivity contribution in [2.75, 3.05) is 0 Å². The van der Waals surface area contributed by atoms with Crippen molar-refractivity contribution in [3.05, 3.63) is 23.5 Å². The minimum absolute atomic E-state index is 0.0139. The van der Waals surface area contributed by atoms with Crippen LogP contribution in [0.2, 0.25) is 0 Å². The quantitative estimate of drug-likeness (QED) is 0.400. The molecule has 0 spiro atoms. The second-order valence-corrected chi connectivity index (χ2v) is 2.24. The van der Waals surface area contributed by atoms with Gasteiger partial charge in [-0.3, -0.25) is 5.41 Å². The zero-order valence-electron chi connectivity index (χ0n) is 6.13. The molecule has 1 aromatic heterocycles. The Morgan fingerprint density at radius 2 is 2.36 bits per heavy atom. The predicted octanol–water partition coefficient (Wildman–Crippen LogP) is 0.380. The van der Waals surface area contributed by atoms with Crippen LogP contribution in [0.5, 0.6) is 5.75 Å². The molecular formula is C7H9N3O. The van der Waals surface area contributed by atoms with Crippen molar-refractivity contribution < 1.29 is 5.11 Å². The van der Waals surface area contributed by atoms with Crippen LogP contribution in [0.3, 0.4) is 0 Å². The third kappa shape index (κ3) is 1.29. The van der Waals surface area contributed by atoms with E-state index in [0.29, 0.717) is 5.56 Å². The number of nitrogens with one attached hydrogen (secondary N) is 1. The maximum Gasteiger partial charge on any atom is 0.147 e. The van der Waals surface area contributed by atoms with Gasteiger partial charge in [-0.15, -0.1) is 0 Å². The van der Waals surface area contributed by atoms with Gasteiger partial charge in [-0.1, -0.05) is 0 Å². The van der Waals surface area contributed by atoms with Crippen LogP contribution in [0.15, 0.2) is 12.3 Å². The number of rotatable bonds is 1. The van der Waals surface area contributed by atoms with Gasteiger partial charge in [-0.25, -0.2) is 4.98 Å². The molecule has 4 nitrogen and oxygen atoms in total.